The van der Waals surface area contributed by atoms with E-state index in [1.807, 2.05) is 18.0 Å². The number of hydrogen-bond acceptors (Lipinski definition) is 3. The zero-order valence-corrected chi connectivity index (χ0v) is 10.4. The number of aromatic nitrogens is 3. The lowest BCUT2D eigenvalue weighted by atomic mass is 10.1. The average Bonchev–Trinajstić information content (AvgIpc) is 2.84. The topological polar surface area (TPSA) is 41.6 Å². The van der Waals surface area contributed by atoms with E-state index in [0.717, 1.165) is 17.0 Å². The van der Waals surface area contributed by atoms with Crippen LogP contribution in [0.4, 0.5) is 0 Å². The van der Waals surface area contributed by atoms with E-state index in [9.17, 15) is 0 Å². The molecule has 2 aromatic heterocycles. The van der Waals surface area contributed by atoms with E-state index < -0.39 is 0 Å². The molecule has 1 N–H and O–H groups in total. The van der Waals surface area contributed by atoms with E-state index in [1.165, 1.54) is 24.2 Å². The van der Waals surface area contributed by atoms with Gasteiger partial charge >= 0.3 is 0 Å². The number of thioether (sulfide) groups is 1. The minimum atomic E-state index is 0.161. The van der Waals surface area contributed by atoms with E-state index in [1.54, 1.807) is 0 Å². The van der Waals surface area contributed by atoms with Crippen LogP contribution in [0.5, 0.6) is 0 Å². The molecule has 1 aliphatic heterocycles. The van der Waals surface area contributed by atoms with Crippen LogP contribution in [-0.4, -0.2) is 20.7 Å². The van der Waals surface area contributed by atoms with Crippen molar-refractivity contribution >= 4 is 22.9 Å². The third-order valence-electron chi connectivity index (χ3n) is 3.19. The molecule has 1 unspecified atom stereocenters. The van der Waals surface area contributed by atoms with Gasteiger partial charge in [-0.2, -0.15) is 0 Å². The van der Waals surface area contributed by atoms with Gasteiger partial charge in [0, 0.05) is 6.20 Å². The minimum absolute atomic E-state index is 0.161. The summed E-state index contributed by atoms with van der Waals surface area (Å²) >= 11 is 2.00. The first-order valence-corrected chi connectivity index (χ1v) is 6.63. The number of pyridine rings is 1. The van der Waals surface area contributed by atoms with Crippen molar-refractivity contribution in [3.8, 4) is 0 Å². The van der Waals surface area contributed by atoms with Crippen molar-refractivity contribution in [1.82, 2.24) is 15.0 Å². The molecule has 2 aromatic rings. The molecule has 0 amide bonds. The quantitative estimate of drug-likeness (QED) is 0.823. The van der Waals surface area contributed by atoms with Crippen LogP contribution in [0, 0.1) is 6.92 Å². The van der Waals surface area contributed by atoms with E-state index in [-0.39, 0.29) is 4.75 Å². The molecule has 3 rings (SSSR count). The van der Waals surface area contributed by atoms with Crippen molar-refractivity contribution < 1.29 is 0 Å². The number of hydrogen-bond donors (Lipinski definition) is 1. The Labute approximate surface area is 99.1 Å². The van der Waals surface area contributed by atoms with Crippen molar-refractivity contribution in [2.75, 3.05) is 5.75 Å². The summed E-state index contributed by atoms with van der Waals surface area (Å²) in [4.78, 5) is 12.4. The monoisotopic (exact) mass is 233 g/mol. The van der Waals surface area contributed by atoms with Gasteiger partial charge < -0.3 is 4.98 Å². The Kier molecular flexibility index (Phi) is 2.21. The molecule has 1 atom stereocenters. The van der Waals surface area contributed by atoms with Crippen molar-refractivity contribution in [2.45, 2.75) is 31.4 Å². The second-order valence-electron chi connectivity index (χ2n) is 4.65. The molecule has 1 fully saturated rings. The lowest BCUT2D eigenvalue weighted by Gasteiger charge is -2.18. The number of nitrogens with zero attached hydrogens (tertiary/aromatic N) is 2. The zero-order chi connectivity index (χ0) is 11.2. The van der Waals surface area contributed by atoms with Gasteiger partial charge in [0.15, 0.2) is 5.65 Å². The third-order valence-corrected chi connectivity index (χ3v) is 4.72. The Bertz CT molecular complexity index is 526. The number of fused-ring (bicyclic) bond motifs is 1. The predicted octanol–water partition coefficient (Wildman–Crippen LogP) is 3.01. The predicted molar refractivity (Wildman–Crippen MR) is 67.7 cm³/mol. The standard InChI is InChI=1S/C12H15N3S/c1-8-6-9-10(13-7-8)15-11(14-9)12(2)4-3-5-16-12/h6-7H,3-5H2,1-2H3,(H,13,14,15). The maximum Gasteiger partial charge on any atom is 0.177 e. The maximum absolute atomic E-state index is 4.62. The highest BCUT2D eigenvalue weighted by Crippen LogP contribution is 2.45. The van der Waals surface area contributed by atoms with Gasteiger partial charge in [0.1, 0.15) is 5.82 Å². The summed E-state index contributed by atoms with van der Waals surface area (Å²) in [6.45, 7) is 4.33. The summed E-state index contributed by atoms with van der Waals surface area (Å²) in [6, 6.07) is 2.11. The first-order valence-electron chi connectivity index (χ1n) is 5.64. The molecule has 0 aromatic carbocycles. The fourth-order valence-electron chi connectivity index (χ4n) is 2.22. The molecule has 0 saturated carbocycles. The van der Waals surface area contributed by atoms with Gasteiger partial charge in [0.25, 0.3) is 0 Å². The Morgan fingerprint density at radius 3 is 3.12 bits per heavy atom. The molecule has 0 bridgehead atoms. The highest BCUT2D eigenvalue weighted by molar-refractivity contribution is 8.00. The fraction of sp³-hybridized carbons (Fsp3) is 0.500. The van der Waals surface area contributed by atoms with Crippen molar-refractivity contribution in [2.24, 2.45) is 0 Å². The van der Waals surface area contributed by atoms with E-state index in [4.69, 9.17) is 0 Å². The van der Waals surface area contributed by atoms with Gasteiger partial charge in [0.05, 0.1) is 10.3 Å². The normalized spacial score (nSPS) is 25.4. The largest absolute Gasteiger partial charge is 0.339 e. The van der Waals surface area contributed by atoms with Crippen LogP contribution in [0.3, 0.4) is 0 Å². The average molecular weight is 233 g/mol. The number of H-pyrrole nitrogens is 1. The zero-order valence-electron chi connectivity index (χ0n) is 9.58. The summed E-state index contributed by atoms with van der Waals surface area (Å²) in [5.74, 6) is 2.32. The summed E-state index contributed by atoms with van der Waals surface area (Å²) in [7, 11) is 0. The highest BCUT2D eigenvalue weighted by atomic mass is 32.2. The van der Waals surface area contributed by atoms with Crippen LogP contribution >= 0.6 is 11.8 Å². The van der Waals surface area contributed by atoms with Crippen LogP contribution in [-0.2, 0) is 4.75 Å². The molecule has 0 radical (unpaired) electrons. The molecule has 0 aliphatic carbocycles. The number of aromatic amines is 1. The van der Waals surface area contributed by atoms with Gasteiger partial charge in [-0.05, 0) is 44.1 Å². The molecule has 1 saturated heterocycles. The Morgan fingerprint density at radius 2 is 2.38 bits per heavy atom. The number of rotatable bonds is 1. The maximum atomic E-state index is 4.62. The summed E-state index contributed by atoms with van der Waals surface area (Å²) < 4.78 is 0.161. The third kappa shape index (κ3) is 1.52. The molecule has 3 nitrogen and oxygen atoms in total. The van der Waals surface area contributed by atoms with Gasteiger partial charge in [-0.15, -0.1) is 11.8 Å². The van der Waals surface area contributed by atoms with Crippen LogP contribution in [0.25, 0.3) is 11.2 Å². The van der Waals surface area contributed by atoms with E-state index >= 15 is 0 Å². The second-order valence-corrected chi connectivity index (χ2v) is 6.25. The second kappa shape index (κ2) is 3.48. The van der Waals surface area contributed by atoms with Gasteiger partial charge in [0.2, 0.25) is 0 Å². The van der Waals surface area contributed by atoms with E-state index in [2.05, 4.69) is 34.9 Å². The first-order chi connectivity index (χ1) is 7.67. The number of nitrogens with one attached hydrogen (secondary N) is 1. The smallest absolute Gasteiger partial charge is 0.177 e. The Hall–Kier alpha value is -1.03. The summed E-state index contributed by atoms with van der Waals surface area (Å²) in [5, 5.41) is 0. The molecule has 84 valence electrons. The van der Waals surface area contributed by atoms with Crippen LogP contribution < -0.4 is 0 Å². The highest BCUT2D eigenvalue weighted by Gasteiger charge is 2.34. The SMILES string of the molecule is Cc1cnc2nc(C3(C)CCCS3)[nH]c2c1. The minimum Gasteiger partial charge on any atom is -0.339 e. The van der Waals surface area contributed by atoms with Crippen molar-refractivity contribution in [1.29, 1.82) is 0 Å². The molecule has 3 heterocycles. The van der Waals surface area contributed by atoms with Crippen molar-refractivity contribution in [3.63, 3.8) is 0 Å². The Balaban J connectivity index is 2.11. The molecule has 1 aliphatic rings. The van der Waals surface area contributed by atoms with Gasteiger partial charge in [-0.25, -0.2) is 9.97 Å². The summed E-state index contributed by atoms with van der Waals surface area (Å²) in [5.41, 5.74) is 3.07. The van der Waals surface area contributed by atoms with Gasteiger partial charge in [-0.3, -0.25) is 0 Å². The van der Waals surface area contributed by atoms with Crippen molar-refractivity contribution in [3.05, 3.63) is 23.7 Å². The fourth-order valence-corrected chi connectivity index (χ4v) is 3.48. The molecule has 4 heteroatoms. The van der Waals surface area contributed by atoms with Crippen LogP contribution in [0.15, 0.2) is 12.3 Å². The van der Waals surface area contributed by atoms with Gasteiger partial charge in [-0.1, -0.05) is 0 Å². The van der Waals surface area contributed by atoms with E-state index in [0.29, 0.717) is 0 Å². The first kappa shape index (κ1) is 10.1. The number of aryl methyl sites for hydroxylation is 1. The van der Waals surface area contributed by atoms with Crippen LogP contribution in [0.1, 0.15) is 31.2 Å². The number of imidazole rings is 1. The summed E-state index contributed by atoms with van der Waals surface area (Å²) in [6.07, 6.45) is 4.36. The lowest BCUT2D eigenvalue weighted by Crippen LogP contribution is -2.14. The molecular weight excluding hydrogens is 218 g/mol. The lowest BCUT2D eigenvalue weighted by molar-refractivity contribution is 0.614. The molecule has 0 spiro atoms. The Morgan fingerprint density at radius 1 is 1.50 bits per heavy atom. The van der Waals surface area contributed by atoms with Crippen LogP contribution in [0.2, 0.25) is 0 Å². The molecular formula is C12H15N3S. The molecule has 16 heavy (non-hydrogen) atoms.